The van der Waals surface area contributed by atoms with Gasteiger partial charge in [-0.15, -0.1) is 0 Å². The van der Waals surface area contributed by atoms with E-state index in [2.05, 4.69) is 16.9 Å². The quantitative estimate of drug-likeness (QED) is 0.600. The average molecular weight is 122 g/mol. The molecule has 0 saturated heterocycles. The summed E-state index contributed by atoms with van der Waals surface area (Å²) in [5, 5.41) is 0. The lowest BCUT2D eigenvalue weighted by Gasteiger charge is -2.00. The lowest BCUT2D eigenvalue weighted by atomic mass is 10.1. The first kappa shape index (κ1) is 5.03. The summed E-state index contributed by atoms with van der Waals surface area (Å²) >= 11 is 0. The van der Waals surface area contributed by atoms with Crippen LogP contribution in [0, 0.1) is 0 Å². The molecule has 0 amide bonds. The van der Waals surface area contributed by atoms with Gasteiger partial charge in [0.05, 0.1) is 0 Å². The highest BCUT2D eigenvalue weighted by molar-refractivity contribution is 5.14. The number of imidazole rings is 1. The molecule has 2 rings (SSSR count). The van der Waals surface area contributed by atoms with Crippen LogP contribution in [0.5, 0.6) is 0 Å². The molecule has 1 fully saturated rings. The van der Waals surface area contributed by atoms with Crippen LogP contribution in [0.4, 0.5) is 0 Å². The second-order valence-corrected chi connectivity index (χ2v) is 3.00. The summed E-state index contributed by atoms with van der Waals surface area (Å²) in [4.78, 5) is 7.32. The number of hydrogen-bond acceptors (Lipinski definition) is 1. The molecular weight excluding hydrogens is 112 g/mol. The van der Waals surface area contributed by atoms with Crippen molar-refractivity contribution in [3.63, 3.8) is 0 Å². The van der Waals surface area contributed by atoms with Crippen LogP contribution >= 0.6 is 0 Å². The predicted octanol–water partition coefficient (Wildman–Crippen LogP) is 1.46. The monoisotopic (exact) mass is 122 g/mol. The molecule has 0 bridgehead atoms. The van der Waals surface area contributed by atoms with Crippen LogP contribution in [0.3, 0.4) is 0 Å². The maximum absolute atomic E-state index is 4.19. The minimum atomic E-state index is 0.406. The van der Waals surface area contributed by atoms with E-state index in [1.807, 2.05) is 12.4 Å². The molecule has 0 atom stereocenters. The van der Waals surface area contributed by atoms with Crippen molar-refractivity contribution in [2.75, 3.05) is 0 Å². The fraction of sp³-hybridized carbons (Fsp3) is 0.571. The number of hydrogen-bond donors (Lipinski definition) is 1. The van der Waals surface area contributed by atoms with Gasteiger partial charge in [-0.2, -0.15) is 0 Å². The average Bonchev–Trinajstić information content (AvgIpc) is 2.46. The fourth-order valence-electron chi connectivity index (χ4n) is 1.02. The number of aromatic amines is 1. The fourth-order valence-corrected chi connectivity index (χ4v) is 1.02. The molecule has 2 nitrogen and oxygen atoms in total. The SMILES string of the molecule is CC1(c2ncc[nH]2)CC1. The van der Waals surface area contributed by atoms with Crippen LogP contribution in [0.25, 0.3) is 0 Å². The van der Waals surface area contributed by atoms with Gasteiger partial charge in [0.2, 0.25) is 0 Å². The Morgan fingerprint density at radius 2 is 2.44 bits per heavy atom. The zero-order chi connectivity index (χ0) is 6.32. The Morgan fingerprint density at radius 1 is 1.67 bits per heavy atom. The van der Waals surface area contributed by atoms with Crippen molar-refractivity contribution >= 4 is 0 Å². The minimum Gasteiger partial charge on any atom is -0.348 e. The largest absolute Gasteiger partial charge is 0.348 e. The second kappa shape index (κ2) is 1.38. The summed E-state index contributed by atoms with van der Waals surface area (Å²) in [7, 11) is 0. The summed E-state index contributed by atoms with van der Waals surface area (Å²) in [6.45, 7) is 2.24. The third-order valence-electron chi connectivity index (χ3n) is 2.07. The lowest BCUT2D eigenvalue weighted by molar-refractivity contribution is 0.724. The first-order valence-electron chi connectivity index (χ1n) is 3.31. The predicted molar refractivity (Wildman–Crippen MR) is 35.2 cm³/mol. The zero-order valence-corrected chi connectivity index (χ0v) is 5.52. The van der Waals surface area contributed by atoms with Crippen molar-refractivity contribution in [2.24, 2.45) is 0 Å². The van der Waals surface area contributed by atoms with Crippen molar-refractivity contribution < 1.29 is 0 Å². The molecule has 1 aromatic heterocycles. The third kappa shape index (κ3) is 0.661. The highest BCUT2D eigenvalue weighted by Gasteiger charge is 2.41. The van der Waals surface area contributed by atoms with Gasteiger partial charge in [-0.3, -0.25) is 0 Å². The van der Waals surface area contributed by atoms with Crippen LogP contribution in [0.15, 0.2) is 12.4 Å². The topological polar surface area (TPSA) is 28.7 Å². The van der Waals surface area contributed by atoms with Crippen molar-refractivity contribution in [1.82, 2.24) is 9.97 Å². The number of H-pyrrole nitrogens is 1. The Bertz CT molecular complexity index is 197. The number of nitrogens with one attached hydrogen (secondary N) is 1. The van der Waals surface area contributed by atoms with Gasteiger partial charge in [-0.25, -0.2) is 4.98 Å². The maximum Gasteiger partial charge on any atom is 0.111 e. The van der Waals surface area contributed by atoms with Crippen LogP contribution in [-0.2, 0) is 5.41 Å². The van der Waals surface area contributed by atoms with Crippen LogP contribution in [0.1, 0.15) is 25.6 Å². The molecule has 0 spiro atoms. The van der Waals surface area contributed by atoms with E-state index in [-0.39, 0.29) is 0 Å². The van der Waals surface area contributed by atoms with E-state index in [1.165, 1.54) is 12.8 Å². The van der Waals surface area contributed by atoms with Crippen LogP contribution in [0.2, 0.25) is 0 Å². The van der Waals surface area contributed by atoms with E-state index in [1.54, 1.807) is 0 Å². The van der Waals surface area contributed by atoms with E-state index in [9.17, 15) is 0 Å². The van der Waals surface area contributed by atoms with Gasteiger partial charge in [0, 0.05) is 17.8 Å². The van der Waals surface area contributed by atoms with Crippen molar-refractivity contribution in [3.05, 3.63) is 18.2 Å². The molecule has 0 aliphatic heterocycles. The van der Waals surface area contributed by atoms with Gasteiger partial charge in [-0.05, 0) is 12.8 Å². The standard InChI is InChI=1S/C7H10N2/c1-7(2-3-7)6-8-4-5-9-6/h4-5H,2-3H2,1H3,(H,8,9). The molecule has 1 aromatic rings. The normalized spacial score (nSPS) is 21.9. The van der Waals surface area contributed by atoms with Gasteiger partial charge in [-0.1, -0.05) is 6.92 Å². The summed E-state index contributed by atoms with van der Waals surface area (Å²) in [6.07, 6.45) is 6.29. The molecular formula is C7H10N2. The van der Waals surface area contributed by atoms with Gasteiger partial charge < -0.3 is 4.98 Å². The minimum absolute atomic E-state index is 0.406. The van der Waals surface area contributed by atoms with Crippen molar-refractivity contribution in [2.45, 2.75) is 25.2 Å². The molecule has 0 aromatic carbocycles. The number of rotatable bonds is 1. The molecule has 48 valence electrons. The Balaban J connectivity index is 2.34. The van der Waals surface area contributed by atoms with Crippen LogP contribution in [-0.4, -0.2) is 9.97 Å². The molecule has 2 heteroatoms. The Labute approximate surface area is 54.3 Å². The van der Waals surface area contributed by atoms with Crippen molar-refractivity contribution in [1.29, 1.82) is 0 Å². The Hall–Kier alpha value is -0.790. The van der Waals surface area contributed by atoms with Gasteiger partial charge in [0.25, 0.3) is 0 Å². The molecule has 9 heavy (non-hydrogen) atoms. The molecule has 1 saturated carbocycles. The second-order valence-electron chi connectivity index (χ2n) is 3.00. The smallest absolute Gasteiger partial charge is 0.111 e. The summed E-state index contributed by atoms with van der Waals surface area (Å²) in [5.41, 5.74) is 0.406. The van der Waals surface area contributed by atoms with E-state index < -0.39 is 0 Å². The molecule has 1 aliphatic carbocycles. The zero-order valence-electron chi connectivity index (χ0n) is 5.52. The molecule has 0 unspecified atom stereocenters. The summed E-state index contributed by atoms with van der Waals surface area (Å²) < 4.78 is 0. The Morgan fingerprint density at radius 3 is 2.89 bits per heavy atom. The van der Waals surface area contributed by atoms with Gasteiger partial charge in [0.1, 0.15) is 5.82 Å². The first-order chi connectivity index (χ1) is 4.31. The number of nitrogens with zero attached hydrogens (tertiary/aromatic N) is 1. The third-order valence-corrected chi connectivity index (χ3v) is 2.07. The highest BCUT2D eigenvalue weighted by atomic mass is 14.9. The van der Waals surface area contributed by atoms with Crippen LogP contribution < -0.4 is 0 Å². The van der Waals surface area contributed by atoms with Gasteiger partial charge >= 0.3 is 0 Å². The van der Waals surface area contributed by atoms with E-state index in [0.29, 0.717) is 5.41 Å². The Kier molecular flexibility index (Phi) is 0.770. The first-order valence-corrected chi connectivity index (χ1v) is 3.31. The van der Waals surface area contributed by atoms with E-state index in [4.69, 9.17) is 0 Å². The summed E-state index contributed by atoms with van der Waals surface area (Å²) in [5.74, 6) is 1.16. The molecule has 0 radical (unpaired) electrons. The molecule has 1 aliphatic rings. The van der Waals surface area contributed by atoms with E-state index >= 15 is 0 Å². The van der Waals surface area contributed by atoms with Crippen molar-refractivity contribution in [3.8, 4) is 0 Å². The lowest BCUT2D eigenvalue weighted by Crippen LogP contribution is -2.01. The molecule has 1 heterocycles. The van der Waals surface area contributed by atoms with E-state index in [0.717, 1.165) is 5.82 Å². The summed E-state index contributed by atoms with van der Waals surface area (Å²) in [6, 6.07) is 0. The van der Waals surface area contributed by atoms with Gasteiger partial charge in [0.15, 0.2) is 0 Å². The number of aromatic nitrogens is 2. The highest BCUT2D eigenvalue weighted by Crippen LogP contribution is 2.45. The molecule has 1 N–H and O–H groups in total. The maximum atomic E-state index is 4.19.